The van der Waals surface area contributed by atoms with E-state index in [1.807, 2.05) is 18.7 Å². The van der Waals surface area contributed by atoms with Crippen molar-refractivity contribution in [2.24, 2.45) is 11.3 Å². The molecule has 154 valence electrons. The Hall–Kier alpha value is -2.01. The number of hydrogen-bond acceptors (Lipinski definition) is 2. The second kappa shape index (κ2) is 8.16. The molecule has 1 aliphatic heterocycles. The van der Waals surface area contributed by atoms with Gasteiger partial charge in [-0.3, -0.25) is 4.90 Å². The van der Waals surface area contributed by atoms with E-state index in [-0.39, 0.29) is 24.1 Å². The van der Waals surface area contributed by atoms with Gasteiger partial charge >= 0.3 is 12.4 Å². The maximum atomic E-state index is 12.9. The van der Waals surface area contributed by atoms with E-state index in [4.69, 9.17) is 0 Å². The van der Waals surface area contributed by atoms with Crippen molar-refractivity contribution in [3.8, 4) is 11.8 Å². The van der Waals surface area contributed by atoms with Crippen molar-refractivity contribution in [3.63, 3.8) is 0 Å². The van der Waals surface area contributed by atoms with Crippen LogP contribution in [0.4, 0.5) is 26.3 Å². The lowest BCUT2D eigenvalue weighted by Crippen LogP contribution is -2.39. The van der Waals surface area contributed by atoms with Crippen molar-refractivity contribution in [2.45, 2.75) is 39.0 Å². The van der Waals surface area contributed by atoms with Crippen LogP contribution in [0.2, 0.25) is 0 Å². The summed E-state index contributed by atoms with van der Waals surface area (Å²) in [6.07, 6.45) is -7.25. The summed E-state index contributed by atoms with van der Waals surface area (Å²) in [5.41, 5.74) is -3.48. The number of likely N-dealkylation sites (tertiary alicyclic amines) is 1. The van der Waals surface area contributed by atoms with E-state index >= 15 is 0 Å². The van der Waals surface area contributed by atoms with Gasteiger partial charge in [0.25, 0.3) is 0 Å². The van der Waals surface area contributed by atoms with Crippen LogP contribution >= 0.6 is 0 Å². The molecule has 2 rings (SSSR count). The van der Waals surface area contributed by atoms with Gasteiger partial charge in [0.2, 0.25) is 0 Å². The van der Waals surface area contributed by atoms with Gasteiger partial charge in [-0.25, -0.2) is 0 Å². The number of rotatable bonds is 3. The molecule has 1 saturated heterocycles. The summed E-state index contributed by atoms with van der Waals surface area (Å²) in [5.74, 6) is 5.33. The highest BCUT2D eigenvalue weighted by Gasteiger charge is 2.37. The van der Waals surface area contributed by atoms with Gasteiger partial charge in [-0.1, -0.05) is 25.7 Å². The van der Waals surface area contributed by atoms with Crippen molar-refractivity contribution in [1.29, 1.82) is 0 Å². The highest BCUT2D eigenvalue weighted by Crippen LogP contribution is 2.36. The smallest absolute Gasteiger partial charge is 0.303 e. The second-order valence-electron chi connectivity index (χ2n) is 7.59. The third-order valence-electron chi connectivity index (χ3n) is 5.07. The summed E-state index contributed by atoms with van der Waals surface area (Å²) in [5, 5.41) is 0. The quantitative estimate of drug-likeness (QED) is 0.400. The molecule has 0 N–H and O–H groups in total. The van der Waals surface area contributed by atoms with E-state index in [2.05, 4.69) is 11.8 Å². The Bertz CT molecular complexity index is 729. The lowest BCUT2D eigenvalue weighted by molar-refractivity contribution is -0.143. The molecule has 0 unspecified atom stereocenters. The number of carbonyl (C=O) groups excluding carboxylic acids is 1. The summed E-state index contributed by atoms with van der Waals surface area (Å²) in [7, 11) is 0. The Balaban J connectivity index is 2.09. The third-order valence-corrected chi connectivity index (χ3v) is 5.07. The van der Waals surface area contributed by atoms with E-state index in [0.717, 1.165) is 19.1 Å². The minimum Gasteiger partial charge on any atom is -0.303 e. The van der Waals surface area contributed by atoms with Gasteiger partial charge in [0.05, 0.1) is 17.7 Å². The Morgan fingerprint density at radius 1 is 1.00 bits per heavy atom. The van der Waals surface area contributed by atoms with Crippen LogP contribution < -0.4 is 0 Å². The predicted octanol–water partition coefficient (Wildman–Crippen LogP) is 5.01. The maximum Gasteiger partial charge on any atom is 0.416 e. The number of carbonyl (C=O) groups is 1. The highest BCUT2D eigenvalue weighted by atomic mass is 19.4. The Labute approximate surface area is 159 Å². The Morgan fingerprint density at radius 2 is 1.50 bits per heavy atom. The summed E-state index contributed by atoms with van der Waals surface area (Å²) in [6.45, 7) is 5.35. The zero-order valence-electron chi connectivity index (χ0n) is 15.5. The molecule has 1 aromatic carbocycles. The van der Waals surface area contributed by atoms with Crippen LogP contribution in [0.25, 0.3) is 0 Å². The van der Waals surface area contributed by atoms with Crippen LogP contribution in [0.1, 0.15) is 43.4 Å². The second-order valence-corrected chi connectivity index (χ2v) is 7.59. The number of piperidine rings is 1. The van der Waals surface area contributed by atoms with E-state index in [0.29, 0.717) is 25.2 Å². The van der Waals surface area contributed by atoms with Gasteiger partial charge in [0.1, 0.15) is 6.29 Å². The van der Waals surface area contributed by atoms with Crippen LogP contribution in [0.15, 0.2) is 18.2 Å². The molecule has 0 amide bonds. The van der Waals surface area contributed by atoms with Crippen LogP contribution in [-0.2, 0) is 17.1 Å². The SMILES string of the molecule is CC(C)(C=O)C1CCN(CC#Cc2cc(C(F)(F)F)cc(C(F)(F)F)c2)CC1. The molecule has 0 bridgehead atoms. The largest absolute Gasteiger partial charge is 0.416 e. The summed E-state index contributed by atoms with van der Waals surface area (Å²) in [6, 6.07) is 1.34. The molecule has 8 heteroatoms. The molecule has 1 heterocycles. The Morgan fingerprint density at radius 3 is 1.93 bits per heavy atom. The van der Waals surface area contributed by atoms with E-state index < -0.39 is 28.9 Å². The topological polar surface area (TPSA) is 20.3 Å². The van der Waals surface area contributed by atoms with Crippen LogP contribution in [0, 0.1) is 23.2 Å². The molecular formula is C20H21F6NO. The molecule has 0 saturated carbocycles. The van der Waals surface area contributed by atoms with E-state index in [1.165, 1.54) is 0 Å². The van der Waals surface area contributed by atoms with Crippen molar-refractivity contribution >= 4 is 6.29 Å². The molecule has 2 nitrogen and oxygen atoms in total. The fourth-order valence-corrected chi connectivity index (χ4v) is 3.21. The molecule has 28 heavy (non-hydrogen) atoms. The monoisotopic (exact) mass is 405 g/mol. The lowest BCUT2D eigenvalue weighted by atomic mass is 9.75. The number of alkyl halides is 6. The first-order valence-electron chi connectivity index (χ1n) is 8.80. The zero-order chi connectivity index (χ0) is 21.2. The van der Waals surface area contributed by atoms with Crippen molar-refractivity contribution < 1.29 is 31.1 Å². The van der Waals surface area contributed by atoms with Gasteiger partial charge in [0.15, 0.2) is 0 Å². The molecule has 1 aromatic rings. The fourth-order valence-electron chi connectivity index (χ4n) is 3.21. The lowest BCUT2D eigenvalue weighted by Gasteiger charge is -2.37. The third kappa shape index (κ3) is 5.74. The maximum absolute atomic E-state index is 12.9. The number of nitrogens with zero attached hydrogens (tertiary/aromatic N) is 1. The van der Waals surface area contributed by atoms with E-state index in [1.54, 1.807) is 0 Å². The minimum atomic E-state index is -4.88. The predicted molar refractivity (Wildman–Crippen MR) is 92.3 cm³/mol. The first kappa shape index (κ1) is 22.3. The van der Waals surface area contributed by atoms with Gasteiger partial charge in [-0.05, 0) is 50.0 Å². The van der Waals surface area contributed by atoms with E-state index in [9.17, 15) is 31.1 Å². The molecular weight excluding hydrogens is 384 g/mol. The van der Waals surface area contributed by atoms with Gasteiger partial charge in [-0.15, -0.1) is 0 Å². The molecule has 0 spiro atoms. The summed E-state index contributed by atoms with van der Waals surface area (Å²) in [4.78, 5) is 13.1. The van der Waals surface area contributed by atoms with Gasteiger partial charge < -0.3 is 4.79 Å². The standard InChI is InChI=1S/C20H21F6NO/c1-18(2,13-28)15-5-8-27(9-6-15)7-3-4-14-10-16(19(21,22)23)12-17(11-14)20(24,25)26/h10-13,15H,5-9H2,1-2H3. The van der Waals surface area contributed by atoms with Crippen LogP contribution in [0.3, 0.4) is 0 Å². The Kier molecular flexibility index (Phi) is 6.49. The zero-order valence-corrected chi connectivity index (χ0v) is 15.5. The molecule has 0 atom stereocenters. The highest BCUT2D eigenvalue weighted by molar-refractivity contribution is 5.58. The number of halogens is 6. The van der Waals surface area contributed by atoms with Crippen molar-refractivity contribution in [3.05, 3.63) is 34.9 Å². The first-order valence-corrected chi connectivity index (χ1v) is 8.80. The number of hydrogen-bond donors (Lipinski definition) is 0. The van der Waals surface area contributed by atoms with Gasteiger partial charge in [0, 0.05) is 11.0 Å². The summed E-state index contributed by atoms with van der Waals surface area (Å²) >= 11 is 0. The molecule has 0 radical (unpaired) electrons. The van der Waals surface area contributed by atoms with Crippen LogP contribution in [-0.4, -0.2) is 30.8 Å². The first-order chi connectivity index (χ1) is 12.8. The molecule has 0 aliphatic carbocycles. The molecule has 1 fully saturated rings. The van der Waals surface area contributed by atoms with Crippen molar-refractivity contribution in [1.82, 2.24) is 4.90 Å². The average Bonchev–Trinajstić information content (AvgIpc) is 2.60. The average molecular weight is 405 g/mol. The van der Waals surface area contributed by atoms with Crippen LogP contribution in [0.5, 0.6) is 0 Å². The number of benzene rings is 1. The summed E-state index contributed by atoms with van der Waals surface area (Å²) < 4.78 is 77.2. The van der Waals surface area contributed by atoms with Crippen molar-refractivity contribution in [2.75, 3.05) is 19.6 Å². The normalized spacial score (nSPS) is 17.1. The molecule has 1 aliphatic rings. The van der Waals surface area contributed by atoms with Gasteiger partial charge in [-0.2, -0.15) is 26.3 Å². The molecule has 0 aromatic heterocycles. The fraction of sp³-hybridized carbons (Fsp3) is 0.550. The number of aldehydes is 1. The minimum absolute atomic E-state index is 0.0880.